The number of hydrogen-bond acceptors (Lipinski definition) is 8. The molecule has 10 nitrogen and oxygen atoms in total. The molecule has 1 aromatic rings. The van der Waals surface area contributed by atoms with E-state index in [1.165, 1.54) is 24.7 Å². The molecule has 0 aromatic carbocycles. The van der Waals surface area contributed by atoms with Gasteiger partial charge in [-0.1, -0.05) is 0 Å². The Morgan fingerprint density at radius 3 is 2.78 bits per heavy atom. The summed E-state index contributed by atoms with van der Waals surface area (Å²) in [5.74, 6) is -1.98. The van der Waals surface area contributed by atoms with Crippen LogP contribution in [0.4, 0.5) is 0 Å². The molecule has 1 amide bonds. The summed E-state index contributed by atoms with van der Waals surface area (Å²) in [6.45, 7) is 2.84. The number of nitrogens with two attached hydrogens (primary N) is 2. The number of aromatic nitrogens is 2. The van der Waals surface area contributed by atoms with Gasteiger partial charge in [0.1, 0.15) is 29.3 Å². The van der Waals surface area contributed by atoms with Crippen LogP contribution in [0.1, 0.15) is 36.3 Å². The maximum atomic E-state index is 12.0. The summed E-state index contributed by atoms with van der Waals surface area (Å²) in [5, 5.41) is 33.0. The van der Waals surface area contributed by atoms with Crippen molar-refractivity contribution in [2.24, 2.45) is 11.5 Å². The fraction of sp³-hybridized carbons (Fsp3) is 0.692. The Labute approximate surface area is 132 Å². The Kier molecular flexibility index (Phi) is 3.52. The Balaban J connectivity index is 2.02. The summed E-state index contributed by atoms with van der Waals surface area (Å²) < 4.78 is 7.05. The van der Waals surface area contributed by atoms with Crippen molar-refractivity contribution < 1.29 is 24.9 Å². The Hall–Kier alpha value is -1.56. The molecule has 23 heavy (non-hydrogen) atoms. The summed E-state index contributed by atoms with van der Waals surface area (Å²) in [4.78, 5) is 16.0. The van der Waals surface area contributed by atoms with Gasteiger partial charge in [-0.25, -0.2) is 4.98 Å². The maximum absolute atomic E-state index is 12.0. The van der Waals surface area contributed by atoms with Gasteiger partial charge in [0.25, 0.3) is 5.91 Å². The van der Waals surface area contributed by atoms with Crippen LogP contribution in [-0.4, -0.2) is 60.5 Å². The van der Waals surface area contributed by atoms with E-state index >= 15 is 0 Å². The molecule has 3 rings (SSSR count). The number of imidazole rings is 1. The standard InChI is InChI=1S/C13H21N5O5/c1-5(19)8-9(20)12(2,22)11(23-8)18-4-16-7-6(18)3-13(14,15)17-10(7)21/h4-5,8-9,11,19-20,22H,3,14-15H2,1-2H3,(H,17,21)/t5?,8-,9-,11-,12-/m1/s1. The van der Waals surface area contributed by atoms with Crippen molar-refractivity contribution in [3.05, 3.63) is 17.7 Å². The minimum atomic E-state index is -1.70. The molecule has 128 valence electrons. The molecule has 0 radical (unpaired) electrons. The minimum Gasteiger partial charge on any atom is -0.391 e. The molecule has 2 aliphatic rings. The zero-order chi connectivity index (χ0) is 17.2. The number of nitrogens with zero attached hydrogens (tertiary/aromatic N) is 2. The van der Waals surface area contributed by atoms with Crippen LogP contribution in [0.3, 0.4) is 0 Å². The fourth-order valence-electron chi connectivity index (χ4n) is 3.11. The number of rotatable bonds is 2. The van der Waals surface area contributed by atoms with Gasteiger partial charge in [-0.2, -0.15) is 0 Å². The third-order valence-corrected chi connectivity index (χ3v) is 4.34. The predicted octanol–water partition coefficient (Wildman–Crippen LogP) is -2.87. The molecule has 8 N–H and O–H groups in total. The van der Waals surface area contributed by atoms with Gasteiger partial charge in [-0.05, 0) is 13.8 Å². The van der Waals surface area contributed by atoms with E-state index in [4.69, 9.17) is 16.2 Å². The third kappa shape index (κ3) is 2.43. The van der Waals surface area contributed by atoms with Crippen LogP contribution in [0.15, 0.2) is 6.33 Å². The highest BCUT2D eigenvalue weighted by Crippen LogP contribution is 2.40. The average molecular weight is 327 g/mol. The second-order valence-corrected chi connectivity index (χ2v) is 6.48. The lowest BCUT2D eigenvalue weighted by atomic mass is 9.94. The van der Waals surface area contributed by atoms with Gasteiger partial charge in [0.15, 0.2) is 6.23 Å². The van der Waals surface area contributed by atoms with Crippen molar-refractivity contribution in [2.75, 3.05) is 0 Å². The average Bonchev–Trinajstić information content (AvgIpc) is 2.89. The van der Waals surface area contributed by atoms with Crippen molar-refractivity contribution in [3.63, 3.8) is 0 Å². The van der Waals surface area contributed by atoms with E-state index in [9.17, 15) is 20.1 Å². The smallest absolute Gasteiger partial charge is 0.274 e. The number of hydrogen-bond donors (Lipinski definition) is 6. The van der Waals surface area contributed by atoms with Crippen molar-refractivity contribution in [1.82, 2.24) is 14.9 Å². The molecule has 0 aliphatic carbocycles. The minimum absolute atomic E-state index is 0.0689. The molecular weight excluding hydrogens is 306 g/mol. The highest BCUT2D eigenvalue weighted by Gasteiger charge is 2.55. The number of amides is 1. The SMILES string of the molecule is CC(O)[C@H]1O[C@@H](n2cnc3c2CC(N)(N)NC3=O)[C@](C)(O)[C@@H]1O. The highest BCUT2D eigenvalue weighted by atomic mass is 16.6. The molecule has 1 aromatic heterocycles. The van der Waals surface area contributed by atoms with Gasteiger partial charge in [0.05, 0.1) is 18.1 Å². The van der Waals surface area contributed by atoms with Gasteiger partial charge >= 0.3 is 0 Å². The largest absolute Gasteiger partial charge is 0.391 e. The third-order valence-electron chi connectivity index (χ3n) is 4.34. The van der Waals surface area contributed by atoms with E-state index in [-0.39, 0.29) is 12.1 Å². The lowest BCUT2D eigenvalue weighted by molar-refractivity contribution is -0.102. The van der Waals surface area contributed by atoms with Crippen LogP contribution >= 0.6 is 0 Å². The van der Waals surface area contributed by atoms with E-state index in [0.29, 0.717) is 5.69 Å². The van der Waals surface area contributed by atoms with Crippen molar-refractivity contribution in [3.8, 4) is 0 Å². The molecule has 1 fully saturated rings. The summed E-state index contributed by atoms with van der Waals surface area (Å²) in [6, 6.07) is 0. The first kappa shape index (κ1) is 16.3. The summed E-state index contributed by atoms with van der Waals surface area (Å²) in [7, 11) is 0. The Morgan fingerprint density at radius 1 is 1.57 bits per heavy atom. The van der Waals surface area contributed by atoms with Crippen LogP contribution in [-0.2, 0) is 11.2 Å². The van der Waals surface area contributed by atoms with Gasteiger partial charge in [0, 0.05) is 6.42 Å². The normalized spacial score (nSPS) is 37.3. The molecule has 0 spiro atoms. The maximum Gasteiger partial charge on any atom is 0.274 e. The van der Waals surface area contributed by atoms with Crippen LogP contribution < -0.4 is 16.8 Å². The molecule has 10 heteroatoms. The quantitative estimate of drug-likeness (QED) is 0.315. The van der Waals surface area contributed by atoms with E-state index in [2.05, 4.69) is 10.3 Å². The highest BCUT2D eigenvalue weighted by molar-refractivity contribution is 5.95. The van der Waals surface area contributed by atoms with Crippen LogP contribution in [0, 0.1) is 0 Å². The van der Waals surface area contributed by atoms with Gasteiger partial charge < -0.3 is 29.9 Å². The number of ether oxygens (including phenoxy) is 1. The number of aliphatic hydroxyl groups excluding tert-OH is 2. The molecular formula is C13H21N5O5. The van der Waals surface area contributed by atoms with Crippen molar-refractivity contribution >= 4 is 5.91 Å². The van der Waals surface area contributed by atoms with Crippen molar-refractivity contribution in [1.29, 1.82) is 0 Å². The molecule has 3 heterocycles. The predicted molar refractivity (Wildman–Crippen MR) is 76.7 cm³/mol. The molecule has 5 atom stereocenters. The van der Waals surface area contributed by atoms with Crippen molar-refractivity contribution in [2.45, 2.75) is 56.2 Å². The number of carbonyl (C=O) groups excluding carboxylic acids is 1. The molecule has 0 bridgehead atoms. The summed E-state index contributed by atoms with van der Waals surface area (Å²) in [6.07, 6.45) is -2.95. The second kappa shape index (κ2) is 4.97. The van der Waals surface area contributed by atoms with E-state index in [1.807, 2.05) is 0 Å². The van der Waals surface area contributed by atoms with Crippen LogP contribution in [0.2, 0.25) is 0 Å². The zero-order valence-corrected chi connectivity index (χ0v) is 12.8. The van der Waals surface area contributed by atoms with Crippen LogP contribution in [0.5, 0.6) is 0 Å². The monoisotopic (exact) mass is 327 g/mol. The topological polar surface area (TPSA) is 169 Å². The van der Waals surface area contributed by atoms with E-state index in [1.54, 1.807) is 0 Å². The van der Waals surface area contributed by atoms with E-state index in [0.717, 1.165) is 0 Å². The number of carbonyl (C=O) groups is 1. The fourth-order valence-corrected chi connectivity index (χ4v) is 3.11. The molecule has 0 saturated carbocycles. The van der Waals surface area contributed by atoms with Gasteiger partial charge in [0.2, 0.25) is 0 Å². The number of nitrogens with one attached hydrogen (secondary N) is 1. The number of aliphatic hydroxyl groups is 3. The molecule has 1 unspecified atom stereocenters. The van der Waals surface area contributed by atoms with E-state index < -0.39 is 41.8 Å². The lowest BCUT2D eigenvalue weighted by Crippen LogP contribution is -2.67. The Morgan fingerprint density at radius 2 is 2.22 bits per heavy atom. The first-order valence-electron chi connectivity index (χ1n) is 7.24. The first-order valence-corrected chi connectivity index (χ1v) is 7.24. The second-order valence-electron chi connectivity index (χ2n) is 6.48. The number of fused-ring (bicyclic) bond motifs is 1. The summed E-state index contributed by atoms with van der Waals surface area (Å²) >= 11 is 0. The van der Waals surface area contributed by atoms with Crippen LogP contribution in [0.25, 0.3) is 0 Å². The zero-order valence-electron chi connectivity index (χ0n) is 12.8. The summed E-state index contributed by atoms with van der Waals surface area (Å²) in [5.41, 5.74) is 10.4. The first-order chi connectivity index (χ1) is 10.5. The Bertz CT molecular complexity index is 641. The van der Waals surface area contributed by atoms with Gasteiger partial charge in [-0.3, -0.25) is 16.3 Å². The lowest BCUT2D eigenvalue weighted by Gasteiger charge is -2.33. The molecule has 1 saturated heterocycles. The molecule has 2 aliphatic heterocycles. The van der Waals surface area contributed by atoms with Gasteiger partial charge in [-0.15, -0.1) is 0 Å².